The molecule has 0 aliphatic heterocycles. The van der Waals surface area contributed by atoms with Crippen LogP contribution in [0.1, 0.15) is 12.0 Å². The van der Waals surface area contributed by atoms with Gasteiger partial charge in [0.2, 0.25) is 0 Å². The molecule has 2 aromatic carbocycles. The number of nitrogens with one attached hydrogen (secondary N) is 1. The summed E-state index contributed by atoms with van der Waals surface area (Å²) in [6.07, 6.45) is -4.58. The van der Waals surface area contributed by atoms with Crippen molar-refractivity contribution in [2.24, 2.45) is 0 Å². The van der Waals surface area contributed by atoms with Crippen molar-refractivity contribution >= 4 is 10.8 Å². The second kappa shape index (κ2) is 5.61. The molecule has 19 heavy (non-hydrogen) atoms. The second-order valence-corrected chi connectivity index (χ2v) is 4.65. The largest absolute Gasteiger partial charge is 0.390 e. The van der Waals surface area contributed by atoms with Crippen molar-refractivity contribution in [2.75, 3.05) is 7.05 Å². The standard InChI is InChI=1S/C15H16F3N/c1-19-13(10-15(16,17)18)9-12-7-4-6-11-5-2-3-8-14(11)12/h2-8,13,19H,9-10H2,1H3. The molecule has 0 spiro atoms. The summed E-state index contributed by atoms with van der Waals surface area (Å²) in [6.45, 7) is 0. The van der Waals surface area contributed by atoms with Crippen LogP contribution in [-0.2, 0) is 6.42 Å². The zero-order valence-electron chi connectivity index (χ0n) is 10.7. The Balaban J connectivity index is 2.24. The predicted molar refractivity (Wildman–Crippen MR) is 71.2 cm³/mol. The van der Waals surface area contributed by atoms with E-state index in [2.05, 4.69) is 5.32 Å². The van der Waals surface area contributed by atoms with Gasteiger partial charge in [0.1, 0.15) is 0 Å². The van der Waals surface area contributed by atoms with Crippen LogP contribution in [0.3, 0.4) is 0 Å². The summed E-state index contributed by atoms with van der Waals surface area (Å²) in [5.41, 5.74) is 0.946. The minimum Gasteiger partial charge on any atom is -0.316 e. The molecule has 0 heterocycles. The Labute approximate surface area is 110 Å². The van der Waals surface area contributed by atoms with Crippen LogP contribution in [0.2, 0.25) is 0 Å². The first-order chi connectivity index (χ1) is 8.99. The van der Waals surface area contributed by atoms with Gasteiger partial charge in [0.15, 0.2) is 0 Å². The van der Waals surface area contributed by atoms with Crippen molar-refractivity contribution in [3.05, 3.63) is 48.0 Å². The van der Waals surface area contributed by atoms with E-state index in [9.17, 15) is 13.2 Å². The molecule has 0 aliphatic rings. The van der Waals surface area contributed by atoms with Gasteiger partial charge in [0.25, 0.3) is 0 Å². The normalized spacial score (nSPS) is 13.7. The summed E-state index contributed by atoms with van der Waals surface area (Å²) in [7, 11) is 1.57. The van der Waals surface area contributed by atoms with E-state index in [1.54, 1.807) is 7.05 Å². The summed E-state index contributed by atoms with van der Waals surface area (Å²) >= 11 is 0. The lowest BCUT2D eigenvalue weighted by Crippen LogP contribution is -2.33. The maximum Gasteiger partial charge on any atom is 0.390 e. The molecule has 1 N–H and O–H groups in total. The van der Waals surface area contributed by atoms with Gasteiger partial charge in [-0.05, 0) is 29.8 Å². The Hall–Kier alpha value is -1.55. The van der Waals surface area contributed by atoms with E-state index in [-0.39, 0.29) is 0 Å². The summed E-state index contributed by atoms with van der Waals surface area (Å²) in [4.78, 5) is 0. The van der Waals surface area contributed by atoms with Crippen LogP contribution in [0, 0.1) is 0 Å². The first-order valence-corrected chi connectivity index (χ1v) is 6.20. The van der Waals surface area contributed by atoms with Crippen LogP contribution < -0.4 is 5.32 Å². The van der Waals surface area contributed by atoms with Gasteiger partial charge in [-0.15, -0.1) is 0 Å². The minimum absolute atomic E-state index is 0.372. The molecule has 1 unspecified atom stereocenters. The average Bonchev–Trinajstić information content (AvgIpc) is 2.37. The van der Waals surface area contributed by atoms with Crippen LogP contribution in [0.15, 0.2) is 42.5 Å². The van der Waals surface area contributed by atoms with Gasteiger partial charge in [-0.25, -0.2) is 0 Å². The molecule has 0 bridgehead atoms. The molecule has 0 saturated carbocycles. The number of likely N-dealkylation sites (N-methyl/N-ethyl adjacent to an activating group) is 1. The molecular weight excluding hydrogens is 251 g/mol. The maximum atomic E-state index is 12.5. The summed E-state index contributed by atoms with van der Waals surface area (Å²) in [5.74, 6) is 0. The van der Waals surface area contributed by atoms with Crippen LogP contribution in [-0.4, -0.2) is 19.3 Å². The second-order valence-electron chi connectivity index (χ2n) is 4.65. The van der Waals surface area contributed by atoms with E-state index >= 15 is 0 Å². The fourth-order valence-electron chi connectivity index (χ4n) is 2.29. The Kier molecular flexibility index (Phi) is 4.10. The lowest BCUT2D eigenvalue weighted by molar-refractivity contribution is -0.139. The highest BCUT2D eigenvalue weighted by molar-refractivity contribution is 5.85. The molecule has 0 aromatic heterocycles. The number of hydrogen-bond donors (Lipinski definition) is 1. The quantitative estimate of drug-likeness (QED) is 0.885. The first kappa shape index (κ1) is 13.9. The molecule has 0 saturated heterocycles. The van der Waals surface area contributed by atoms with Gasteiger partial charge < -0.3 is 5.32 Å². The number of fused-ring (bicyclic) bond motifs is 1. The van der Waals surface area contributed by atoms with Gasteiger partial charge in [-0.1, -0.05) is 42.5 Å². The van der Waals surface area contributed by atoms with E-state index in [1.165, 1.54) is 0 Å². The third kappa shape index (κ3) is 3.70. The van der Waals surface area contributed by atoms with Crippen LogP contribution in [0.25, 0.3) is 10.8 Å². The van der Waals surface area contributed by atoms with Gasteiger partial charge in [-0.3, -0.25) is 0 Å². The molecule has 0 amide bonds. The van der Waals surface area contributed by atoms with Crippen molar-refractivity contribution in [3.63, 3.8) is 0 Å². The predicted octanol–water partition coefficient (Wildman–Crippen LogP) is 3.92. The van der Waals surface area contributed by atoms with Crippen molar-refractivity contribution in [1.29, 1.82) is 0 Å². The van der Waals surface area contributed by atoms with E-state index in [0.29, 0.717) is 6.42 Å². The molecule has 2 aromatic rings. The van der Waals surface area contributed by atoms with Crippen molar-refractivity contribution in [1.82, 2.24) is 5.32 Å². The van der Waals surface area contributed by atoms with Gasteiger partial charge in [0.05, 0.1) is 6.42 Å². The highest BCUT2D eigenvalue weighted by Crippen LogP contribution is 2.25. The van der Waals surface area contributed by atoms with Crippen molar-refractivity contribution < 1.29 is 13.2 Å². The van der Waals surface area contributed by atoms with E-state index < -0.39 is 18.6 Å². The van der Waals surface area contributed by atoms with Gasteiger partial charge in [-0.2, -0.15) is 13.2 Å². The summed E-state index contributed by atoms with van der Waals surface area (Å²) in [5, 5.41) is 4.83. The lowest BCUT2D eigenvalue weighted by atomic mass is 9.97. The topological polar surface area (TPSA) is 12.0 Å². The van der Waals surface area contributed by atoms with Crippen molar-refractivity contribution in [2.45, 2.75) is 25.1 Å². The lowest BCUT2D eigenvalue weighted by Gasteiger charge is -2.19. The fourth-order valence-corrected chi connectivity index (χ4v) is 2.29. The van der Waals surface area contributed by atoms with Gasteiger partial charge in [0, 0.05) is 6.04 Å². The molecule has 1 nitrogen and oxygen atoms in total. The van der Waals surface area contributed by atoms with Crippen LogP contribution in [0.4, 0.5) is 13.2 Å². The highest BCUT2D eigenvalue weighted by Gasteiger charge is 2.31. The SMILES string of the molecule is CNC(Cc1cccc2ccccc12)CC(F)(F)F. The number of rotatable bonds is 4. The number of halogens is 3. The number of hydrogen-bond acceptors (Lipinski definition) is 1. The fraction of sp³-hybridized carbons (Fsp3) is 0.333. The number of benzene rings is 2. The van der Waals surface area contributed by atoms with Gasteiger partial charge >= 0.3 is 6.18 Å². The summed E-state index contributed by atoms with van der Waals surface area (Å²) < 4.78 is 37.4. The molecule has 102 valence electrons. The smallest absolute Gasteiger partial charge is 0.316 e. The van der Waals surface area contributed by atoms with Crippen LogP contribution >= 0.6 is 0 Å². The first-order valence-electron chi connectivity index (χ1n) is 6.20. The molecule has 4 heteroatoms. The van der Waals surface area contributed by atoms with E-state index in [4.69, 9.17) is 0 Å². The monoisotopic (exact) mass is 267 g/mol. The average molecular weight is 267 g/mol. The van der Waals surface area contributed by atoms with Crippen LogP contribution in [0.5, 0.6) is 0 Å². The molecule has 0 fully saturated rings. The highest BCUT2D eigenvalue weighted by atomic mass is 19.4. The minimum atomic E-state index is -4.14. The summed E-state index contributed by atoms with van der Waals surface area (Å²) in [6, 6.07) is 12.9. The Morgan fingerprint density at radius 1 is 1.05 bits per heavy atom. The molecule has 0 radical (unpaired) electrons. The molecule has 1 atom stereocenters. The number of alkyl halides is 3. The molecular formula is C15H16F3N. The zero-order chi connectivity index (χ0) is 13.9. The van der Waals surface area contributed by atoms with E-state index in [0.717, 1.165) is 16.3 Å². The Morgan fingerprint density at radius 2 is 1.74 bits per heavy atom. The third-order valence-electron chi connectivity index (χ3n) is 3.23. The Bertz CT molecular complexity index is 543. The van der Waals surface area contributed by atoms with E-state index in [1.807, 2.05) is 42.5 Å². The molecule has 0 aliphatic carbocycles. The third-order valence-corrected chi connectivity index (χ3v) is 3.23. The Morgan fingerprint density at radius 3 is 2.42 bits per heavy atom. The maximum absolute atomic E-state index is 12.5. The van der Waals surface area contributed by atoms with Crippen molar-refractivity contribution in [3.8, 4) is 0 Å². The molecule has 2 rings (SSSR count). The zero-order valence-corrected chi connectivity index (χ0v) is 10.7.